The molecule has 0 unspecified atom stereocenters. The Labute approximate surface area is 101 Å². The second kappa shape index (κ2) is 4.25. The van der Waals surface area contributed by atoms with Crippen molar-refractivity contribution in [3.8, 4) is 17.2 Å². The minimum atomic E-state index is -0.960. The highest BCUT2D eigenvalue weighted by atomic mass is 16.5. The molecule has 0 aliphatic carbocycles. The van der Waals surface area contributed by atoms with Crippen LogP contribution in [-0.2, 0) is 0 Å². The molecule has 2 aromatic rings. The van der Waals surface area contributed by atoms with Crippen molar-refractivity contribution in [1.29, 1.82) is 5.39 Å². The van der Waals surface area contributed by atoms with E-state index >= 15 is 0 Å². The van der Waals surface area contributed by atoms with Crippen LogP contribution in [0.3, 0.4) is 0 Å². The van der Waals surface area contributed by atoms with Crippen LogP contribution in [0.2, 0.25) is 0 Å². The molecule has 7 heteroatoms. The van der Waals surface area contributed by atoms with Crippen LogP contribution in [0.5, 0.6) is 17.2 Å². The van der Waals surface area contributed by atoms with E-state index in [0.29, 0.717) is 5.75 Å². The fourth-order valence-electron chi connectivity index (χ4n) is 1.61. The molecule has 0 fully saturated rings. The molecule has 0 saturated heterocycles. The summed E-state index contributed by atoms with van der Waals surface area (Å²) >= 11 is 0. The van der Waals surface area contributed by atoms with Gasteiger partial charge in [-0.1, -0.05) is 0 Å². The molecule has 1 aromatic carbocycles. The number of ether oxygens (including phenoxy) is 2. The van der Waals surface area contributed by atoms with Crippen LogP contribution in [0.1, 0.15) is 0 Å². The Balaban J connectivity index is 2.98. The second-order valence-electron chi connectivity index (χ2n) is 3.39. The summed E-state index contributed by atoms with van der Waals surface area (Å²) in [6, 6.07) is 2.92. The summed E-state index contributed by atoms with van der Waals surface area (Å²) < 4.78 is 15.0. The molecule has 0 bridgehead atoms. The van der Waals surface area contributed by atoms with Gasteiger partial charge in [-0.3, -0.25) is 0 Å². The molecule has 0 spiro atoms. The zero-order valence-electron chi connectivity index (χ0n) is 9.63. The lowest BCUT2D eigenvalue weighted by Gasteiger charge is -2.07. The molecule has 0 aliphatic rings. The van der Waals surface area contributed by atoms with E-state index in [9.17, 15) is 9.90 Å². The van der Waals surface area contributed by atoms with E-state index in [1.807, 2.05) is 0 Å². The van der Waals surface area contributed by atoms with E-state index < -0.39 is 17.1 Å². The highest BCUT2D eigenvalue weighted by Gasteiger charge is 2.27. The fourth-order valence-corrected chi connectivity index (χ4v) is 1.61. The highest BCUT2D eigenvalue weighted by molar-refractivity contribution is 5.94. The fraction of sp³-hybridized carbons (Fsp3) is 0.182. The van der Waals surface area contributed by atoms with Crippen molar-refractivity contribution in [1.82, 2.24) is 0 Å². The molecule has 92 valence electrons. The number of hydrogen-bond acceptors (Lipinski definition) is 6. The summed E-state index contributed by atoms with van der Waals surface area (Å²) in [5.74, 6) is 0.120. The Morgan fingerprint density at radius 3 is 2.61 bits per heavy atom. The normalized spacial score (nSPS) is 10.1. The predicted octanol–water partition coefficient (Wildman–Crippen LogP) is 2.00. The summed E-state index contributed by atoms with van der Waals surface area (Å²) in [4.78, 5) is 14.1. The second-order valence-corrected chi connectivity index (χ2v) is 3.39. The monoisotopic (exact) mass is 249 g/mol. The van der Waals surface area contributed by atoms with Gasteiger partial charge < -0.3 is 19.0 Å². The molecular weight excluding hydrogens is 240 g/mol. The maximum absolute atomic E-state index is 11.4. The van der Waals surface area contributed by atoms with Gasteiger partial charge in [0.1, 0.15) is 22.5 Å². The molecule has 0 amide bonds. The van der Waals surface area contributed by atoms with Crippen molar-refractivity contribution in [2.24, 2.45) is 0 Å². The van der Waals surface area contributed by atoms with Crippen molar-refractivity contribution < 1.29 is 19.0 Å². The summed E-state index contributed by atoms with van der Waals surface area (Å²) in [7, 11) is 2.82. The van der Waals surface area contributed by atoms with Gasteiger partial charge in [-0.05, 0) is 0 Å². The first-order valence-corrected chi connectivity index (χ1v) is 4.89. The van der Waals surface area contributed by atoms with E-state index in [0.717, 1.165) is 0 Å². The van der Waals surface area contributed by atoms with Gasteiger partial charge in [0.2, 0.25) is 11.1 Å². The van der Waals surface area contributed by atoms with E-state index in [4.69, 9.17) is 19.3 Å². The lowest BCUT2D eigenvalue weighted by molar-refractivity contribution is 0.393. The first kappa shape index (κ1) is 11.7. The molecule has 0 radical (unpaired) electrons. The molecule has 2 rings (SSSR count). The van der Waals surface area contributed by atoms with Gasteiger partial charge in [0.15, 0.2) is 4.98 Å². The summed E-state index contributed by atoms with van der Waals surface area (Å²) in [6.07, 6.45) is 0. The van der Waals surface area contributed by atoms with Crippen molar-refractivity contribution in [2.75, 3.05) is 14.2 Å². The lowest BCUT2D eigenvalue weighted by atomic mass is 10.1. The third kappa shape index (κ3) is 1.60. The Bertz CT molecular complexity index is 714. The minimum absolute atomic E-state index is 0.0705. The number of benzene rings is 1. The van der Waals surface area contributed by atoms with Crippen LogP contribution in [0.25, 0.3) is 15.9 Å². The van der Waals surface area contributed by atoms with Crippen LogP contribution in [0, 0.1) is 5.39 Å². The average molecular weight is 249 g/mol. The minimum Gasteiger partial charge on any atom is -0.500 e. The molecular formula is C11H9N2O5+. The number of aromatic hydroxyl groups is 1. The van der Waals surface area contributed by atoms with Gasteiger partial charge >= 0.3 is 11.3 Å². The molecule has 0 aliphatic heterocycles. The van der Waals surface area contributed by atoms with Crippen molar-refractivity contribution in [3.05, 3.63) is 27.5 Å². The molecule has 1 N–H and O–H groups in total. The maximum Gasteiger partial charge on any atom is 0.510 e. The third-order valence-electron chi connectivity index (χ3n) is 2.45. The van der Waals surface area contributed by atoms with Gasteiger partial charge in [-0.15, -0.1) is 0 Å². The molecule has 1 aromatic heterocycles. The topological polar surface area (TPSA) is 97.0 Å². The van der Waals surface area contributed by atoms with Crippen molar-refractivity contribution >= 4 is 16.7 Å². The van der Waals surface area contributed by atoms with Gasteiger partial charge in [0.05, 0.1) is 14.2 Å². The van der Waals surface area contributed by atoms with E-state index in [1.165, 1.54) is 26.4 Å². The zero-order valence-corrected chi connectivity index (χ0v) is 9.63. The van der Waals surface area contributed by atoms with Crippen LogP contribution in [0.4, 0.5) is 5.69 Å². The Morgan fingerprint density at radius 1 is 1.33 bits per heavy atom. The molecule has 18 heavy (non-hydrogen) atoms. The highest BCUT2D eigenvalue weighted by Crippen LogP contribution is 2.40. The average Bonchev–Trinajstić information content (AvgIpc) is 2.37. The van der Waals surface area contributed by atoms with Gasteiger partial charge in [-0.25, -0.2) is 4.79 Å². The summed E-state index contributed by atoms with van der Waals surface area (Å²) in [5.41, 5.74) is -1.47. The van der Waals surface area contributed by atoms with E-state index in [-0.39, 0.29) is 16.7 Å². The zero-order chi connectivity index (χ0) is 13.3. The Kier molecular flexibility index (Phi) is 2.77. The van der Waals surface area contributed by atoms with Gasteiger partial charge in [0, 0.05) is 12.1 Å². The molecule has 0 saturated carbocycles. The SMILES string of the molecule is COc1cc(OC)c2c(O)c([N+]#N)c(=O)oc2c1. The van der Waals surface area contributed by atoms with Gasteiger partial charge in [-0.2, -0.15) is 0 Å². The number of rotatable bonds is 2. The number of nitrogens with zero attached hydrogens (tertiary/aromatic N) is 2. The number of diazo groups is 1. The molecule has 0 atom stereocenters. The van der Waals surface area contributed by atoms with E-state index in [2.05, 4.69) is 4.98 Å². The first-order chi connectivity index (χ1) is 8.62. The largest absolute Gasteiger partial charge is 0.510 e. The van der Waals surface area contributed by atoms with Crippen LogP contribution in [-0.4, -0.2) is 19.3 Å². The Morgan fingerprint density at radius 2 is 2.06 bits per heavy atom. The number of fused-ring (bicyclic) bond motifs is 1. The molecule has 1 heterocycles. The van der Waals surface area contributed by atoms with Crippen molar-refractivity contribution in [3.63, 3.8) is 0 Å². The van der Waals surface area contributed by atoms with Crippen LogP contribution in [0.15, 0.2) is 21.3 Å². The number of methoxy groups -OCH3 is 2. The summed E-state index contributed by atoms with van der Waals surface area (Å²) in [6.45, 7) is 0. The molecule has 7 nitrogen and oxygen atoms in total. The Hall–Kier alpha value is -2.75. The lowest BCUT2D eigenvalue weighted by Crippen LogP contribution is -1.99. The maximum atomic E-state index is 11.4. The predicted molar refractivity (Wildman–Crippen MR) is 62.0 cm³/mol. The standard InChI is InChI=1S/C11H8N2O5/c1-16-5-3-6(17-2)8-7(4-5)18-11(15)9(13-12)10(8)14/h3-4H,1-2H3/p+1. The van der Waals surface area contributed by atoms with Crippen LogP contribution < -0.4 is 15.1 Å². The smallest absolute Gasteiger partial charge is 0.500 e. The number of hydrogen-bond donors (Lipinski definition) is 1. The van der Waals surface area contributed by atoms with Crippen molar-refractivity contribution in [2.45, 2.75) is 0 Å². The third-order valence-corrected chi connectivity index (χ3v) is 2.45. The summed E-state index contributed by atoms with van der Waals surface area (Å²) in [5, 5.41) is 18.7. The van der Waals surface area contributed by atoms with Gasteiger partial charge in [0.25, 0.3) is 0 Å². The van der Waals surface area contributed by atoms with E-state index in [1.54, 1.807) is 0 Å². The first-order valence-electron chi connectivity index (χ1n) is 4.89. The quantitative estimate of drug-likeness (QED) is 0.645. The van der Waals surface area contributed by atoms with Crippen LogP contribution >= 0.6 is 0 Å².